The average molecular weight is 222 g/mol. The van der Waals surface area contributed by atoms with Gasteiger partial charge >= 0.3 is 5.97 Å². The molecule has 1 aliphatic rings. The molecule has 2 rings (SSSR count). The van der Waals surface area contributed by atoms with Gasteiger partial charge in [0.05, 0.1) is 6.61 Å². The summed E-state index contributed by atoms with van der Waals surface area (Å²) >= 11 is 0. The Morgan fingerprint density at radius 2 is 2.19 bits per heavy atom. The van der Waals surface area contributed by atoms with Crippen molar-refractivity contribution < 1.29 is 14.6 Å². The molecule has 1 saturated heterocycles. The lowest BCUT2D eigenvalue weighted by atomic mass is 10.1. The summed E-state index contributed by atoms with van der Waals surface area (Å²) in [5.41, 5.74) is 6.62. The fraction of sp³-hybridized carbons (Fsp3) is 0.364. The summed E-state index contributed by atoms with van der Waals surface area (Å²) in [5.74, 6) is -1.39. The van der Waals surface area contributed by atoms with Gasteiger partial charge in [0, 0.05) is 6.54 Å². The van der Waals surface area contributed by atoms with Crippen LogP contribution in [0.25, 0.3) is 0 Å². The molecule has 3 N–H and O–H groups in total. The highest BCUT2D eigenvalue weighted by Gasteiger charge is 2.33. The molecule has 2 unspecified atom stereocenters. The standard InChI is InChI=1S/C11H14N2O3/c14-11(15)9-6-12-13-10(9)16-7-8-4-2-1-3-5-8/h1-5,9-10,12-13H,6-7H2,(H,14,15). The minimum absolute atomic E-state index is 0.384. The number of hydrogen-bond acceptors (Lipinski definition) is 4. The van der Waals surface area contributed by atoms with Crippen LogP contribution in [-0.2, 0) is 16.1 Å². The first kappa shape index (κ1) is 11.1. The molecule has 1 heterocycles. The molecule has 0 aromatic heterocycles. The summed E-state index contributed by atoms with van der Waals surface area (Å²) in [7, 11) is 0. The molecule has 86 valence electrons. The predicted molar refractivity (Wildman–Crippen MR) is 57.3 cm³/mol. The molecule has 0 spiro atoms. The van der Waals surface area contributed by atoms with Crippen LogP contribution in [0.5, 0.6) is 0 Å². The molecule has 2 atom stereocenters. The van der Waals surface area contributed by atoms with Crippen LogP contribution in [-0.4, -0.2) is 23.8 Å². The van der Waals surface area contributed by atoms with Gasteiger partial charge in [0.15, 0.2) is 0 Å². The fourth-order valence-corrected chi connectivity index (χ4v) is 1.61. The molecule has 5 heteroatoms. The van der Waals surface area contributed by atoms with Gasteiger partial charge in [-0.25, -0.2) is 5.43 Å². The van der Waals surface area contributed by atoms with Crippen molar-refractivity contribution in [3.63, 3.8) is 0 Å². The second-order valence-corrected chi connectivity index (χ2v) is 3.69. The minimum atomic E-state index is -0.851. The van der Waals surface area contributed by atoms with Gasteiger partial charge < -0.3 is 9.84 Å². The number of rotatable bonds is 4. The summed E-state index contributed by atoms with van der Waals surface area (Å²) in [6.45, 7) is 0.790. The van der Waals surface area contributed by atoms with Crippen LogP contribution in [0.15, 0.2) is 30.3 Å². The number of carboxylic acid groups (broad SMARTS) is 1. The van der Waals surface area contributed by atoms with Crippen LogP contribution in [0.2, 0.25) is 0 Å². The Bertz CT molecular complexity index is 356. The van der Waals surface area contributed by atoms with E-state index in [1.165, 1.54) is 0 Å². The monoisotopic (exact) mass is 222 g/mol. The maximum absolute atomic E-state index is 10.9. The van der Waals surface area contributed by atoms with Crippen molar-refractivity contribution in [2.24, 2.45) is 5.92 Å². The lowest BCUT2D eigenvalue weighted by Crippen LogP contribution is -2.36. The number of carbonyl (C=O) groups is 1. The van der Waals surface area contributed by atoms with Crippen LogP contribution >= 0.6 is 0 Å². The Morgan fingerprint density at radius 3 is 2.88 bits per heavy atom. The van der Waals surface area contributed by atoms with Crippen molar-refractivity contribution in [3.05, 3.63) is 35.9 Å². The van der Waals surface area contributed by atoms with Crippen LogP contribution in [0.1, 0.15) is 5.56 Å². The molecular formula is C11H14N2O3. The maximum Gasteiger partial charge on any atom is 0.311 e. The molecule has 0 saturated carbocycles. The van der Waals surface area contributed by atoms with Crippen molar-refractivity contribution in [2.75, 3.05) is 6.54 Å². The van der Waals surface area contributed by atoms with Gasteiger partial charge in [-0.2, -0.15) is 0 Å². The highest BCUT2D eigenvalue weighted by atomic mass is 16.5. The first-order valence-corrected chi connectivity index (χ1v) is 5.14. The van der Waals surface area contributed by atoms with E-state index < -0.39 is 18.1 Å². The van der Waals surface area contributed by atoms with Gasteiger partial charge in [-0.05, 0) is 5.56 Å². The molecule has 1 fully saturated rings. The van der Waals surface area contributed by atoms with Crippen molar-refractivity contribution in [3.8, 4) is 0 Å². The van der Waals surface area contributed by atoms with E-state index in [1.54, 1.807) is 0 Å². The number of hydrogen-bond donors (Lipinski definition) is 3. The normalized spacial score (nSPS) is 24.5. The van der Waals surface area contributed by atoms with E-state index in [4.69, 9.17) is 9.84 Å². The van der Waals surface area contributed by atoms with Crippen molar-refractivity contribution >= 4 is 5.97 Å². The van der Waals surface area contributed by atoms with Crippen molar-refractivity contribution in [2.45, 2.75) is 12.8 Å². The third-order valence-corrected chi connectivity index (χ3v) is 2.52. The quantitative estimate of drug-likeness (QED) is 0.685. The SMILES string of the molecule is O=C(O)C1CNNC1OCc1ccccc1. The van der Waals surface area contributed by atoms with E-state index in [-0.39, 0.29) is 0 Å². The predicted octanol–water partition coefficient (Wildman–Crippen LogP) is 0.338. The number of aliphatic carboxylic acids is 1. The first-order chi connectivity index (χ1) is 7.77. The topological polar surface area (TPSA) is 70.6 Å². The van der Waals surface area contributed by atoms with Crippen LogP contribution in [0.4, 0.5) is 0 Å². The number of carboxylic acids is 1. The molecular weight excluding hydrogens is 208 g/mol. The van der Waals surface area contributed by atoms with E-state index in [1.807, 2.05) is 30.3 Å². The summed E-state index contributed by atoms with van der Waals surface area (Å²) in [6.07, 6.45) is -0.474. The van der Waals surface area contributed by atoms with Gasteiger partial charge in [-0.3, -0.25) is 10.2 Å². The minimum Gasteiger partial charge on any atom is -0.481 e. The zero-order valence-corrected chi connectivity index (χ0v) is 8.72. The van der Waals surface area contributed by atoms with E-state index in [0.717, 1.165) is 5.56 Å². The molecule has 1 aromatic rings. The number of hydrazine groups is 1. The highest BCUT2D eigenvalue weighted by molar-refractivity contribution is 5.71. The third kappa shape index (κ3) is 2.57. The molecule has 1 aliphatic heterocycles. The average Bonchev–Trinajstić information content (AvgIpc) is 2.76. The van der Waals surface area contributed by atoms with E-state index in [0.29, 0.717) is 13.2 Å². The van der Waals surface area contributed by atoms with Gasteiger partial charge in [0.25, 0.3) is 0 Å². The van der Waals surface area contributed by atoms with Gasteiger partial charge in [0.2, 0.25) is 0 Å². The van der Waals surface area contributed by atoms with Crippen molar-refractivity contribution in [1.82, 2.24) is 10.9 Å². The number of benzene rings is 1. The molecule has 1 aromatic carbocycles. The Kier molecular flexibility index (Phi) is 3.51. The second kappa shape index (κ2) is 5.07. The Morgan fingerprint density at radius 1 is 1.44 bits per heavy atom. The zero-order chi connectivity index (χ0) is 11.4. The molecule has 0 radical (unpaired) electrons. The van der Waals surface area contributed by atoms with Crippen LogP contribution in [0, 0.1) is 5.92 Å². The van der Waals surface area contributed by atoms with Gasteiger partial charge in [0.1, 0.15) is 12.1 Å². The number of ether oxygens (including phenoxy) is 1. The van der Waals surface area contributed by atoms with Crippen LogP contribution in [0.3, 0.4) is 0 Å². The first-order valence-electron chi connectivity index (χ1n) is 5.14. The second-order valence-electron chi connectivity index (χ2n) is 3.69. The lowest BCUT2D eigenvalue weighted by Gasteiger charge is -2.15. The Labute approximate surface area is 93.4 Å². The van der Waals surface area contributed by atoms with Gasteiger partial charge in [-0.1, -0.05) is 30.3 Å². The Balaban J connectivity index is 1.88. The smallest absolute Gasteiger partial charge is 0.311 e. The zero-order valence-electron chi connectivity index (χ0n) is 8.72. The summed E-state index contributed by atoms with van der Waals surface area (Å²) in [5, 5.41) is 8.92. The van der Waals surface area contributed by atoms with Gasteiger partial charge in [-0.15, -0.1) is 0 Å². The van der Waals surface area contributed by atoms with E-state index in [2.05, 4.69) is 10.9 Å². The molecule has 5 nitrogen and oxygen atoms in total. The fourth-order valence-electron chi connectivity index (χ4n) is 1.61. The highest BCUT2D eigenvalue weighted by Crippen LogP contribution is 2.12. The molecule has 0 amide bonds. The number of nitrogens with one attached hydrogen (secondary N) is 2. The summed E-state index contributed by atoms with van der Waals surface area (Å²) in [6, 6.07) is 9.66. The molecule has 0 aliphatic carbocycles. The van der Waals surface area contributed by atoms with Crippen LogP contribution < -0.4 is 10.9 Å². The van der Waals surface area contributed by atoms with E-state index in [9.17, 15) is 4.79 Å². The summed E-state index contributed by atoms with van der Waals surface area (Å²) in [4.78, 5) is 10.9. The molecule has 16 heavy (non-hydrogen) atoms. The van der Waals surface area contributed by atoms with Crippen molar-refractivity contribution in [1.29, 1.82) is 0 Å². The maximum atomic E-state index is 10.9. The molecule has 0 bridgehead atoms. The third-order valence-electron chi connectivity index (χ3n) is 2.52. The largest absolute Gasteiger partial charge is 0.481 e. The summed E-state index contributed by atoms with van der Waals surface area (Å²) < 4.78 is 5.51. The lowest BCUT2D eigenvalue weighted by molar-refractivity contribution is -0.146. The van der Waals surface area contributed by atoms with E-state index >= 15 is 0 Å². The Hall–Kier alpha value is -1.43.